The van der Waals surface area contributed by atoms with E-state index in [2.05, 4.69) is 11.1 Å². The highest BCUT2D eigenvalue weighted by Gasteiger charge is 2.19. The molecule has 0 fully saturated rings. The summed E-state index contributed by atoms with van der Waals surface area (Å²) in [7, 11) is 0. The molecular weight excluding hydrogens is 234 g/mol. The molecule has 0 atom stereocenters. The molecule has 0 saturated heterocycles. The highest BCUT2D eigenvalue weighted by atomic mass is 16.1. The molecule has 2 heteroatoms. The molecule has 0 unspecified atom stereocenters. The number of carbonyl (C=O) groups is 1. The van der Waals surface area contributed by atoms with Gasteiger partial charge in [-0.05, 0) is 48.6 Å². The predicted molar refractivity (Wildman–Crippen MR) is 75.9 cm³/mol. The molecule has 0 spiro atoms. The molecule has 1 aliphatic carbocycles. The van der Waals surface area contributed by atoms with Crippen molar-refractivity contribution in [1.82, 2.24) is 4.98 Å². The summed E-state index contributed by atoms with van der Waals surface area (Å²) >= 11 is 0. The number of aromatic nitrogens is 1. The third-order valence-electron chi connectivity index (χ3n) is 3.49. The van der Waals surface area contributed by atoms with Crippen LogP contribution in [0.1, 0.15) is 34.3 Å². The number of aryl methyl sites for hydroxylation is 1. The van der Waals surface area contributed by atoms with E-state index in [9.17, 15) is 4.79 Å². The van der Waals surface area contributed by atoms with Crippen molar-refractivity contribution in [1.29, 1.82) is 0 Å². The van der Waals surface area contributed by atoms with E-state index >= 15 is 0 Å². The number of benzene rings is 1. The topological polar surface area (TPSA) is 30.0 Å². The monoisotopic (exact) mass is 249 g/mol. The summed E-state index contributed by atoms with van der Waals surface area (Å²) in [6.45, 7) is 0. The van der Waals surface area contributed by atoms with Gasteiger partial charge in [0.15, 0.2) is 5.78 Å². The van der Waals surface area contributed by atoms with Crippen LogP contribution in [0.25, 0.3) is 6.08 Å². The number of carbonyl (C=O) groups excluding carboxylic acids is 1. The normalized spacial score (nSPS) is 17.1. The van der Waals surface area contributed by atoms with Gasteiger partial charge in [-0.3, -0.25) is 9.78 Å². The maximum atomic E-state index is 12.6. The molecule has 0 radical (unpaired) electrons. The van der Waals surface area contributed by atoms with Crippen molar-refractivity contribution in [2.24, 2.45) is 0 Å². The fourth-order valence-electron chi connectivity index (χ4n) is 2.51. The number of ketones is 1. The molecule has 94 valence electrons. The van der Waals surface area contributed by atoms with Gasteiger partial charge in [-0.15, -0.1) is 0 Å². The first kappa shape index (κ1) is 11.8. The second-order valence-corrected chi connectivity index (χ2v) is 4.79. The summed E-state index contributed by atoms with van der Waals surface area (Å²) in [5.41, 5.74) is 3.97. The Labute approximate surface area is 112 Å². The minimum atomic E-state index is 0.171. The Balaban J connectivity index is 2.01. The second-order valence-electron chi connectivity index (χ2n) is 4.79. The van der Waals surface area contributed by atoms with Crippen LogP contribution in [0.3, 0.4) is 0 Å². The highest BCUT2D eigenvalue weighted by Crippen LogP contribution is 2.25. The maximum Gasteiger partial charge on any atom is 0.189 e. The van der Waals surface area contributed by atoms with Crippen LogP contribution < -0.4 is 0 Å². The highest BCUT2D eigenvalue weighted by molar-refractivity contribution is 6.12. The number of Topliss-reactive ketones (excluding diaryl/α,β-unsaturated/α-hetero) is 1. The van der Waals surface area contributed by atoms with Crippen molar-refractivity contribution in [3.8, 4) is 0 Å². The molecule has 1 aromatic heterocycles. The van der Waals surface area contributed by atoms with E-state index in [0.717, 1.165) is 36.0 Å². The Morgan fingerprint density at radius 3 is 2.63 bits per heavy atom. The molecular formula is C17H15NO. The van der Waals surface area contributed by atoms with Gasteiger partial charge in [0.25, 0.3) is 0 Å². The third kappa shape index (κ3) is 2.48. The smallest absolute Gasteiger partial charge is 0.189 e. The van der Waals surface area contributed by atoms with Crippen molar-refractivity contribution in [2.45, 2.75) is 19.3 Å². The zero-order valence-electron chi connectivity index (χ0n) is 10.7. The first-order chi connectivity index (χ1) is 9.34. The fourth-order valence-corrected chi connectivity index (χ4v) is 2.51. The Bertz CT molecular complexity index is 629. The van der Waals surface area contributed by atoms with Gasteiger partial charge >= 0.3 is 0 Å². The molecule has 3 rings (SSSR count). The van der Waals surface area contributed by atoms with Crippen LogP contribution in [0.15, 0.2) is 54.4 Å². The van der Waals surface area contributed by atoms with Gasteiger partial charge in [-0.25, -0.2) is 0 Å². The molecule has 0 N–H and O–H groups in total. The van der Waals surface area contributed by atoms with E-state index in [1.165, 1.54) is 5.56 Å². The van der Waals surface area contributed by atoms with Crippen LogP contribution >= 0.6 is 0 Å². The maximum absolute atomic E-state index is 12.6. The quantitative estimate of drug-likeness (QED) is 0.570. The molecule has 0 aliphatic heterocycles. The van der Waals surface area contributed by atoms with Crippen molar-refractivity contribution in [3.05, 3.63) is 71.1 Å². The van der Waals surface area contributed by atoms with E-state index in [1.54, 1.807) is 12.4 Å². The summed E-state index contributed by atoms with van der Waals surface area (Å²) in [4.78, 5) is 16.6. The predicted octanol–water partition coefficient (Wildman–Crippen LogP) is 3.68. The van der Waals surface area contributed by atoms with E-state index < -0.39 is 0 Å². The lowest BCUT2D eigenvalue weighted by atomic mass is 9.99. The lowest BCUT2D eigenvalue weighted by molar-refractivity contribution is 0.103. The van der Waals surface area contributed by atoms with Gasteiger partial charge < -0.3 is 0 Å². The van der Waals surface area contributed by atoms with Crippen molar-refractivity contribution in [2.75, 3.05) is 0 Å². The van der Waals surface area contributed by atoms with E-state index in [4.69, 9.17) is 0 Å². The van der Waals surface area contributed by atoms with Gasteiger partial charge in [0, 0.05) is 23.5 Å². The summed E-state index contributed by atoms with van der Waals surface area (Å²) in [5, 5.41) is 0. The second kappa shape index (κ2) is 5.19. The van der Waals surface area contributed by atoms with Gasteiger partial charge in [0.1, 0.15) is 0 Å². The molecule has 0 amide bonds. The minimum Gasteiger partial charge on any atom is -0.289 e. The zero-order valence-corrected chi connectivity index (χ0v) is 10.7. The molecule has 1 heterocycles. The van der Waals surface area contributed by atoms with Crippen LogP contribution in [0, 0.1) is 0 Å². The summed E-state index contributed by atoms with van der Waals surface area (Å²) in [6.07, 6.45) is 8.35. The molecule has 2 aromatic rings. The Morgan fingerprint density at radius 2 is 1.79 bits per heavy atom. The van der Waals surface area contributed by atoms with Gasteiger partial charge in [0.05, 0.1) is 0 Å². The van der Waals surface area contributed by atoms with Crippen LogP contribution in [0.2, 0.25) is 0 Å². The lowest BCUT2D eigenvalue weighted by Gasteiger charge is -2.04. The average molecular weight is 249 g/mol. The number of rotatable bonds is 1. The van der Waals surface area contributed by atoms with E-state index in [-0.39, 0.29) is 5.78 Å². The van der Waals surface area contributed by atoms with Crippen molar-refractivity contribution in [3.63, 3.8) is 0 Å². The number of nitrogens with zero attached hydrogens (tertiary/aromatic N) is 1. The number of hydrogen-bond acceptors (Lipinski definition) is 2. The average Bonchev–Trinajstić information content (AvgIpc) is 2.61. The first-order valence-electron chi connectivity index (χ1n) is 6.58. The van der Waals surface area contributed by atoms with Gasteiger partial charge in [-0.2, -0.15) is 0 Å². The Kier molecular flexibility index (Phi) is 3.23. The van der Waals surface area contributed by atoms with Crippen LogP contribution in [0.5, 0.6) is 0 Å². The summed E-state index contributed by atoms with van der Waals surface area (Å²) < 4.78 is 0. The SMILES string of the molecule is O=C1/C(=C\c2ccncc2)CCCc2ccccc21. The zero-order chi connectivity index (χ0) is 13.1. The lowest BCUT2D eigenvalue weighted by Crippen LogP contribution is -2.03. The van der Waals surface area contributed by atoms with E-state index in [0.29, 0.717) is 0 Å². The first-order valence-corrected chi connectivity index (χ1v) is 6.58. The molecule has 1 aromatic carbocycles. The molecule has 0 bridgehead atoms. The van der Waals surface area contributed by atoms with Crippen molar-refractivity contribution < 1.29 is 4.79 Å². The van der Waals surface area contributed by atoms with Gasteiger partial charge in [-0.1, -0.05) is 24.3 Å². The summed E-state index contributed by atoms with van der Waals surface area (Å²) in [5.74, 6) is 0.171. The largest absolute Gasteiger partial charge is 0.289 e. The van der Waals surface area contributed by atoms with Crippen LogP contribution in [0.4, 0.5) is 0 Å². The van der Waals surface area contributed by atoms with Crippen molar-refractivity contribution >= 4 is 11.9 Å². The number of hydrogen-bond donors (Lipinski definition) is 0. The minimum absolute atomic E-state index is 0.171. The van der Waals surface area contributed by atoms with Crippen LogP contribution in [-0.2, 0) is 6.42 Å². The third-order valence-corrected chi connectivity index (χ3v) is 3.49. The molecule has 19 heavy (non-hydrogen) atoms. The fraction of sp³-hybridized carbons (Fsp3) is 0.176. The number of allylic oxidation sites excluding steroid dienone is 1. The molecule has 0 saturated carbocycles. The van der Waals surface area contributed by atoms with Crippen LogP contribution in [-0.4, -0.2) is 10.8 Å². The van der Waals surface area contributed by atoms with Gasteiger partial charge in [0.2, 0.25) is 0 Å². The molecule has 1 aliphatic rings. The number of fused-ring (bicyclic) bond motifs is 1. The standard InChI is InChI=1S/C17H15NO/c19-17-15(12-13-8-10-18-11-9-13)6-3-5-14-4-1-2-7-16(14)17/h1-2,4,7-12H,3,5-6H2/b15-12-. The summed E-state index contributed by atoms with van der Waals surface area (Å²) in [6, 6.07) is 11.8. The number of pyridine rings is 1. The van der Waals surface area contributed by atoms with E-state index in [1.807, 2.05) is 36.4 Å². The Morgan fingerprint density at radius 1 is 1.00 bits per heavy atom. The Hall–Kier alpha value is -2.22. The molecule has 2 nitrogen and oxygen atoms in total.